The van der Waals surface area contributed by atoms with Crippen molar-refractivity contribution in [1.29, 1.82) is 0 Å². The van der Waals surface area contributed by atoms with Gasteiger partial charge < -0.3 is 0 Å². The van der Waals surface area contributed by atoms with Gasteiger partial charge in [-0.25, -0.2) is 4.68 Å². The van der Waals surface area contributed by atoms with Crippen molar-refractivity contribution in [3.05, 3.63) is 74.9 Å². The molecule has 3 aromatic rings. The van der Waals surface area contributed by atoms with Crippen LogP contribution in [-0.4, -0.2) is 15.6 Å². The summed E-state index contributed by atoms with van der Waals surface area (Å²) in [5.74, 6) is -0.181. The van der Waals surface area contributed by atoms with Gasteiger partial charge in [-0.2, -0.15) is 5.10 Å². The number of rotatable bonds is 4. The molecule has 0 aliphatic heterocycles. The number of hydrogen-bond acceptors (Lipinski definition) is 4. The van der Waals surface area contributed by atoms with E-state index in [0.717, 1.165) is 4.88 Å². The minimum Gasteiger partial charge on any atom is -0.292 e. The molecule has 0 radical (unpaired) electrons. The molecule has 1 unspecified atom stereocenters. The average molecular weight is 345 g/mol. The molecule has 116 valence electrons. The molecule has 0 fully saturated rings. The molecule has 0 amide bonds. The van der Waals surface area contributed by atoms with Crippen LogP contribution in [0.15, 0.2) is 58.7 Å². The zero-order valence-corrected chi connectivity index (χ0v) is 13.8. The number of aromatic nitrogens is 2. The van der Waals surface area contributed by atoms with E-state index in [-0.39, 0.29) is 11.3 Å². The summed E-state index contributed by atoms with van der Waals surface area (Å²) in [6.45, 7) is 1.67. The molecule has 23 heavy (non-hydrogen) atoms. The van der Waals surface area contributed by atoms with Gasteiger partial charge in [-0.15, -0.1) is 11.3 Å². The van der Waals surface area contributed by atoms with Crippen molar-refractivity contribution >= 4 is 28.7 Å². The van der Waals surface area contributed by atoms with Crippen LogP contribution in [0.2, 0.25) is 5.02 Å². The summed E-state index contributed by atoms with van der Waals surface area (Å²) < 4.78 is 1.23. The van der Waals surface area contributed by atoms with E-state index in [1.54, 1.807) is 37.3 Å². The molecule has 0 saturated carbocycles. The molecule has 0 spiro atoms. The lowest BCUT2D eigenvalue weighted by Gasteiger charge is -2.13. The van der Waals surface area contributed by atoms with Gasteiger partial charge in [0, 0.05) is 16.7 Å². The maximum absolute atomic E-state index is 12.6. The quantitative estimate of drug-likeness (QED) is 0.670. The van der Waals surface area contributed by atoms with Crippen LogP contribution < -0.4 is 5.56 Å². The predicted molar refractivity (Wildman–Crippen MR) is 92.3 cm³/mol. The normalized spacial score (nSPS) is 12.1. The Morgan fingerprint density at radius 3 is 2.57 bits per heavy atom. The summed E-state index contributed by atoms with van der Waals surface area (Å²) in [5.41, 5.74) is 0.868. The van der Waals surface area contributed by atoms with Gasteiger partial charge in [0.05, 0.1) is 4.88 Å². The van der Waals surface area contributed by atoms with Crippen LogP contribution in [0.4, 0.5) is 0 Å². The van der Waals surface area contributed by atoms with Gasteiger partial charge in [-0.1, -0.05) is 17.7 Å². The minimum absolute atomic E-state index is 0.181. The highest BCUT2D eigenvalue weighted by molar-refractivity contribution is 7.13. The summed E-state index contributed by atoms with van der Waals surface area (Å²) in [5, 5.41) is 6.85. The van der Waals surface area contributed by atoms with E-state index < -0.39 is 6.04 Å². The van der Waals surface area contributed by atoms with Gasteiger partial charge in [-0.05, 0) is 48.7 Å². The molecule has 2 heterocycles. The molecule has 0 N–H and O–H groups in total. The molecule has 0 bridgehead atoms. The topological polar surface area (TPSA) is 52.0 Å². The maximum atomic E-state index is 12.6. The first-order chi connectivity index (χ1) is 11.1. The van der Waals surface area contributed by atoms with Crippen molar-refractivity contribution in [1.82, 2.24) is 9.78 Å². The number of carbonyl (C=O) groups excluding carboxylic acids is 1. The number of nitrogens with zero attached hydrogens (tertiary/aromatic N) is 2. The SMILES string of the molecule is CC(C(=O)c1ccc(Cl)cc1)n1nc(-c2cccs2)ccc1=O. The van der Waals surface area contributed by atoms with E-state index in [4.69, 9.17) is 11.6 Å². The first-order valence-electron chi connectivity index (χ1n) is 7.00. The second-order valence-electron chi connectivity index (χ2n) is 5.03. The number of halogens is 1. The summed E-state index contributed by atoms with van der Waals surface area (Å²) in [7, 11) is 0. The van der Waals surface area contributed by atoms with E-state index in [0.29, 0.717) is 16.3 Å². The summed E-state index contributed by atoms with van der Waals surface area (Å²) in [6, 6.07) is 12.9. The largest absolute Gasteiger partial charge is 0.292 e. The van der Waals surface area contributed by atoms with Gasteiger partial charge in [0.2, 0.25) is 0 Å². The Labute approximate surface area is 142 Å². The van der Waals surface area contributed by atoms with E-state index >= 15 is 0 Å². The Morgan fingerprint density at radius 1 is 1.17 bits per heavy atom. The Kier molecular flexibility index (Phi) is 4.41. The standard InChI is InChI=1S/C17H13ClN2O2S/c1-11(17(22)12-4-6-13(18)7-5-12)20-16(21)9-8-14(19-20)15-3-2-10-23-15/h2-11H,1H3. The van der Waals surface area contributed by atoms with Gasteiger partial charge in [0.15, 0.2) is 5.78 Å². The third-order valence-electron chi connectivity index (χ3n) is 3.47. The van der Waals surface area contributed by atoms with E-state index in [9.17, 15) is 9.59 Å². The highest BCUT2D eigenvalue weighted by Crippen LogP contribution is 2.22. The Balaban J connectivity index is 1.97. The Hall–Kier alpha value is -2.24. The fourth-order valence-electron chi connectivity index (χ4n) is 2.22. The highest BCUT2D eigenvalue weighted by atomic mass is 35.5. The Bertz CT molecular complexity index is 886. The van der Waals surface area contributed by atoms with Crippen molar-refractivity contribution < 1.29 is 4.79 Å². The molecule has 3 rings (SSSR count). The van der Waals surface area contributed by atoms with Gasteiger partial charge in [0.25, 0.3) is 5.56 Å². The van der Waals surface area contributed by atoms with Gasteiger partial charge >= 0.3 is 0 Å². The van der Waals surface area contributed by atoms with E-state index in [2.05, 4.69) is 5.10 Å². The van der Waals surface area contributed by atoms with E-state index in [1.165, 1.54) is 22.1 Å². The number of benzene rings is 1. The van der Waals surface area contributed by atoms with Crippen molar-refractivity contribution in [3.8, 4) is 10.6 Å². The lowest BCUT2D eigenvalue weighted by atomic mass is 10.1. The number of ketones is 1. The monoisotopic (exact) mass is 344 g/mol. The fraction of sp³-hybridized carbons (Fsp3) is 0.118. The highest BCUT2D eigenvalue weighted by Gasteiger charge is 2.19. The molecule has 0 aliphatic carbocycles. The zero-order chi connectivity index (χ0) is 16.4. The van der Waals surface area contributed by atoms with Crippen LogP contribution >= 0.6 is 22.9 Å². The summed E-state index contributed by atoms with van der Waals surface area (Å²) >= 11 is 7.37. The summed E-state index contributed by atoms with van der Waals surface area (Å²) in [4.78, 5) is 25.6. The third-order valence-corrected chi connectivity index (χ3v) is 4.62. The second-order valence-corrected chi connectivity index (χ2v) is 6.41. The third kappa shape index (κ3) is 3.25. The molecule has 6 heteroatoms. The van der Waals surface area contributed by atoms with Crippen molar-refractivity contribution in [2.75, 3.05) is 0 Å². The maximum Gasteiger partial charge on any atom is 0.267 e. The van der Waals surface area contributed by atoms with Crippen LogP contribution in [0, 0.1) is 0 Å². The molecular weight excluding hydrogens is 332 g/mol. The number of Topliss-reactive ketones (excluding diaryl/α,β-unsaturated/α-hetero) is 1. The van der Waals surface area contributed by atoms with Crippen LogP contribution in [0.1, 0.15) is 23.3 Å². The van der Waals surface area contributed by atoms with Crippen LogP contribution in [0.25, 0.3) is 10.6 Å². The smallest absolute Gasteiger partial charge is 0.267 e. The minimum atomic E-state index is -0.691. The molecule has 4 nitrogen and oxygen atoms in total. The number of carbonyl (C=O) groups is 1. The molecule has 0 aliphatic rings. The first-order valence-corrected chi connectivity index (χ1v) is 8.25. The second kappa shape index (κ2) is 6.48. The zero-order valence-electron chi connectivity index (χ0n) is 12.3. The molecule has 0 saturated heterocycles. The number of thiophene rings is 1. The number of hydrogen-bond donors (Lipinski definition) is 0. The Morgan fingerprint density at radius 2 is 1.91 bits per heavy atom. The summed E-state index contributed by atoms with van der Waals surface area (Å²) in [6.07, 6.45) is 0. The van der Waals surface area contributed by atoms with Crippen molar-refractivity contribution in [2.24, 2.45) is 0 Å². The van der Waals surface area contributed by atoms with Gasteiger partial charge in [-0.3, -0.25) is 9.59 Å². The van der Waals surface area contributed by atoms with E-state index in [1.807, 2.05) is 17.5 Å². The first kappa shape index (κ1) is 15.6. The fourth-order valence-corrected chi connectivity index (χ4v) is 3.04. The predicted octanol–water partition coefficient (Wildman–Crippen LogP) is 4.07. The lowest BCUT2D eigenvalue weighted by Crippen LogP contribution is -2.30. The van der Waals surface area contributed by atoms with Crippen molar-refractivity contribution in [3.63, 3.8) is 0 Å². The van der Waals surface area contributed by atoms with Crippen LogP contribution in [0.3, 0.4) is 0 Å². The molecular formula is C17H13ClN2O2S. The van der Waals surface area contributed by atoms with Crippen LogP contribution in [0.5, 0.6) is 0 Å². The lowest BCUT2D eigenvalue weighted by molar-refractivity contribution is 0.0925. The molecule has 1 atom stereocenters. The molecule has 2 aromatic heterocycles. The molecule has 1 aromatic carbocycles. The van der Waals surface area contributed by atoms with Crippen molar-refractivity contribution in [2.45, 2.75) is 13.0 Å². The van der Waals surface area contributed by atoms with Gasteiger partial charge in [0.1, 0.15) is 11.7 Å². The van der Waals surface area contributed by atoms with Crippen LogP contribution in [-0.2, 0) is 0 Å². The average Bonchev–Trinajstić information content (AvgIpc) is 3.09.